The molecule has 0 radical (unpaired) electrons. The summed E-state index contributed by atoms with van der Waals surface area (Å²) in [5.74, 6) is 1.04. The third-order valence-corrected chi connectivity index (χ3v) is 6.36. The Morgan fingerprint density at radius 3 is 2.83 bits per heavy atom. The van der Waals surface area contributed by atoms with Crippen molar-refractivity contribution >= 4 is 51.3 Å². The van der Waals surface area contributed by atoms with Crippen molar-refractivity contribution in [3.05, 3.63) is 16.1 Å². The lowest BCUT2D eigenvalue weighted by Gasteiger charge is -2.21. The molecule has 0 aromatic carbocycles. The summed E-state index contributed by atoms with van der Waals surface area (Å²) in [7, 11) is -1.08. The van der Waals surface area contributed by atoms with E-state index in [-0.39, 0.29) is 29.7 Å². The fourth-order valence-corrected chi connectivity index (χ4v) is 4.60. The third kappa shape index (κ3) is 6.12. The molecule has 1 aliphatic heterocycles. The lowest BCUT2D eigenvalue weighted by Crippen LogP contribution is -2.39. The van der Waals surface area contributed by atoms with E-state index in [0.29, 0.717) is 26.2 Å². The first-order chi connectivity index (χ1) is 10.9. The number of nitrogens with one attached hydrogen (secondary N) is 1. The van der Waals surface area contributed by atoms with Gasteiger partial charge < -0.3 is 10.2 Å². The van der Waals surface area contributed by atoms with Gasteiger partial charge in [-0.05, 0) is 20.3 Å². The minimum absolute atomic E-state index is 0. The van der Waals surface area contributed by atoms with E-state index >= 15 is 0 Å². The number of aryl methyl sites for hydroxylation is 1. The first kappa shape index (κ1) is 21.6. The summed E-state index contributed by atoms with van der Waals surface area (Å²) in [6.07, 6.45) is 0.717. The lowest BCUT2D eigenvalue weighted by atomic mass is 10.4. The molecule has 0 spiro atoms. The molecular formula is C14H26IN5O2S2. The largest absolute Gasteiger partial charge is 0.357 e. The number of nitrogens with zero attached hydrogens (tertiary/aromatic N) is 4. The predicted molar refractivity (Wildman–Crippen MR) is 110 cm³/mol. The van der Waals surface area contributed by atoms with Crippen molar-refractivity contribution in [3.8, 4) is 0 Å². The Kier molecular flexibility index (Phi) is 8.88. The monoisotopic (exact) mass is 487 g/mol. The second kappa shape index (κ2) is 9.88. The summed E-state index contributed by atoms with van der Waals surface area (Å²) < 4.78 is 25.1. The van der Waals surface area contributed by atoms with Gasteiger partial charge in [0.15, 0.2) is 5.96 Å². The van der Waals surface area contributed by atoms with Gasteiger partial charge in [-0.1, -0.05) is 0 Å². The minimum atomic E-state index is -3.04. The van der Waals surface area contributed by atoms with Crippen LogP contribution in [0.1, 0.15) is 24.0 Å². The Hall–Kier alpha value is -0.460. The number of hydrogen-bond donors (Lipinski definition) is 1. The molecule has 2 rings (SSSR count). The van der Waals surface area contributed by atoms with Crippen LogP contribution >= 0.6 is 35.3 Å². The topological polar surface area (TPSA) is 77.9 Å². The van der Waals surface area contributed by atoms with E-state index in [2.05, 4.69) is 15.3 Å². The molecule has 2 heterocycles. The van der Waals surface area contributed by atoms with Gasteiger partial charge in [0.1, 0.15) is 0 Å². The molecule has 1 saturated heterocycles. The quantitative estimate of drug-likeness (QED) is 0.374. The number of guanidine groups is 1. The Morgan fingerprint density at radius 2 is 2.29 bits per heavy atom. The van der Waals surface area contributed by atoms with Crippen molar-refractivity contribution in [2.24, 2.45) is 4.99 Å². The molecular weight excluding hydrogens is 461 g/mol. The summed E-state index contributed by atoms with van der Waals surface area (Å²) in [6, 6.07) is 0. The van der Waals surface area contributed by atoms with Crippen LogP contribution in [0.15, 0.2) is 10.4 Å². The summed E-state index contributed by atoms with van der Waals surface area (Å²) in [5.41, 5.74) is 1.02. The van der Waals surface area contributed by atoms with Crippen molar-refractivity contribution in [1.29, 1.82) is 0 Å². The molecule has 0 atom stereocenters. The molecule has 0 amide bonds. The second-order valence-corrected chi connectivity index (χ2v) is 8.67. The number of thiazole rings is 1. The average molecular weight is 487 g/mol. The van der Waals surface area contributed by atoms with Gasteiger partial charge in [0.05, 0.1) is 29.5 Å². The third-order valence-electron chi connectivity index (χ3n) is 3.58. The zero-order valence-electron chi connectivity index (χ0n) is 14.4. The molecule has 0 bridgehead atoms. The smallest absolute Gasteiger partial charge is 0.214 e. The van der Waals surface area contributed by atoms with Crippen LogP contribution in [0.25, 0.3) is 0 Å². The van der Waals surface area contributed by atoms with Gasteiger partial charge >= 0.3 is 0 Å². The normalized spacial score (nSPS) is 17.5. The van der Waals surface area contributed by atoms with E-state index in [1.807, 2.05) is 31.2 Å². The van der Waals surface area contributed by atoms with Crippen LogP contribution in [0.3, 0.4) is 0 Å². The van der Waals surface area contributed by atoms with E-state index in [1.54, 1.807) is 11.3 Å². The van der Waals surface area contributed by atoms with Crippen molar-refractivity contribution in [2.45, 2.75) is 26.8 Å². The molecule has 1 aromatic rings. The highest BCUT2D eigenvalue weighted by Crippen LogP contribution is 2.12. The van der Waals surface area contributed by atoms with Gasteiger partial charge in [-0.15, -0.1) is 35.3 Å². The van der Waals surface area contributed by atoms with E-state index in [0.717, 1.165) is 29.6 Å². The van der Waals surface area contributed by atoms with Gasteiger partial charge in [0.2, 0.25) is 10.0 Å². The van der Waals surface area contributed by atoms with Crippen LogP contribution in [-0.2, 0) is 16.6 Å². The maximum atomic E-state index is 11.8. The van der Waals surface area contributed by atoms with E-state index in [4.69, 9.17) is 0 Å². The lowest BCUT2D eigenvalue weighted by molar-refractivity contribution is 0.444. The van der Waals surface area contributed by atoms with Gasteiger partial charge in [-0.25, -0.2) is 17.7 Å². The predicted octanol–water partition coefficient (Wildman–Crippen LogP) is 1.50. The highest BCUT2D eigenvalue weighted by atomic mass is 127. The maximum Gasteiger partial charge on any atom is 0.214 e. The van der Waals surface area contributed by atoms with Gasteiger partial charge in [0.25, 0.3) is 0 Å². The van der Waals surface area contributed by atoms with Crippen LogP contribution in [0.4, 0.5) is 0 Å². The van der Waals surface area contributed by atoms with Crippen molar-refractivity contribution in [3.63, 3.8) is 0 Å². The standard InChI is InChI=1S/C14H25N5O2S2.HI/c1-4-15-14(18(3)10-13-11-22-12(2)17-13)16-6-8-19-7-5-9-23(19,20)21;/h11H,4-10H2,1-3H3,(H,15,16);1H. The summed E-state index contributed by atoms with van der Waals surface area (Å²) in [4.78, 5) is 11.0. The van der Waals surface area contributed by atoms with Crippen molar-refractivity contribution in [2.75, 3.05) is 39.0 Å². The Labute approximate surface area is 165 Å². The zero-order chi connectivity index (χ0) is 16.9. The molecule has 1 aliphatic rings. The molecule has 7 nitrogen and oxygen atoms in total. The van der Waals surface area contributed by atoms with Crippen LogP contribution in [-0.4, -0.2) is 67.5 Å². The number of rotatable bonds is 6. The first-order valence-electron chi connectivity index (χ1n) is 7.80. The first-order valence-corrected chi connectivity index (χ1v) is 10.3. The fraction of sp³-hybridized carbons (Fsp3) is 0.714. The molecule has 1 aromatic heterocycles. The number of hydrogen-bond acceptors (Lipinski definition) is 5. The van der Waals surface area contributed by atoms with Gasteiger partial charge in [-0.3, -0.25) is 4.99 Å². The summed E-state index contributed by atoms with van der Waals surface area (Å²) in [5, 5.41) is 6.34. The fourth-order valence-electron chi connectivity index (χ4n) is 2.48. The van der Waals surface area contributed by atoms with E-state index in [1.165, 1.54) is 4.31 Å². The molecule has 138 valence electrons. The number of aliphatic imine (C=N–C) groups is 1. The summed E-state index contributed by atoms with van der Waals surface area (Å²) in [6.45, 7) is 6.97. The molecule has 0 saturated carbocycles. The highest BCUT2D eigenvalue weighted by molar-refractivity contribution is 14.0. The van der Waals surface area contributed by atoms with Crippen LogP contribution in [0.5, 0.6) is 0 Å². The summed E-state index contributed by atoms with van der Waals surface area (Å²) >= 11 is 1.63. The van der Waals surface area contributed by atoms with Gasteiger partial charge in [0, 0.05) is 32.1 Å². The van der Waals surface area contributed by atoms with E-state index in [9.17, 15) is 8.42 Å². The van der Waals surface area contributed by atoms with E-state index < -0.39 is 10.0 Å². The molecule has 24 heavy (non-hydrogen) atoms. The average Bonchev–Trinajstić information content (AvgIpc) is 3.03. The zero-order valence-corrected chi connectivity index (χ0v) is 18.3. The SMILES string of the molecule is CCNC(=NCCN1CCCS1(=O)=O)N(C)Cc1csc(C)n1.I. The Morgan fingerprint density at radius 1 is 1.54 bits per heavy atom. The molecule has 0 aliphatic carbocycles. The molecule has 1 N–H and O–H groups in total. The van der Waals surface area contributed by atoms with Crippen LogP contribution in [0, 0.1) is 6.92 Å². The Bertz CT molecular complexity index is 647. The van der Waals surface area contributed by atoms with Gasteiger partial charge in [-0.2, -0.15) is 0 Å². The maximum absolute atomic E-state index is 11.8. The van der Waals surface area contributed by atoms with Crippen molar-refractivity contribution in [1.82, 2.24) is 19.5 Å². The molecule has 0 unspecified atom stereocenters. The second-order valence-electron chi connectivity index (χ2n) is 5.52. The molecule has 1 fully saturated rings. The van der Waals surface area contributed by atoms with Crippen LogP contribution in [0.2, 0.25) is 0 Å². The number of halogens is 1. The number of sulfonamides is 1. The molecule has 10 heteroatoms. The van der Waals surface area contributed by atoms with Crippen LogP contribution < -0.4 is 5.32 Å². The highest BCUT2D eigenvalue weighted by Gasteiger charge is 2.27. The Balaban J connectivity index is 0.00000288. The minimum Gasteiger partial charge on any atom is -0.357 e. The van der Waals surface area contributed by atoms with Crippen molar-refractivity contribution < 1.29 is 8.42 Å². The number of aromatic nitrogens is 1.